The van der Waals surface area contributed by atoms with Crippen molar-refractivity contribution >= 4 is 35.2 Å². The molecule has 1 aromatic heterocycles. The number of nitrogens with zero attached hydrogens (tertiary/aromatic N) is 3. The van der Waals surface area contributed by atoms with E-state index in [1.807, 2.05) is 22.2 Å². The number of unbranched alkanes of at least 4 members (excludes halogenated alkanes) is 2. The highest BCUT2D eigenvalue weighted by molar-refractivity contribution is 6.05. The van der Waals surface area contributed by atoms with Crippen molar-refractivity contribution in [1.82, 2.24) is 4.98 Å². The van der Waals surface area contributed by atoms with Gasteiger partial charge in [0, 0.05) is 68.1 Å². The van der Waals surface area contributed by atoms with E-state index in [1.165, 1.54) is 5.56 Å². The molecule has 0 unspecified atom stereocenters. The van der Waals surface area contributed by atoms with Gasteiger partial charge in [-0.2, -0.15) is 0 Å². The van der Waals surface area contributed by atoms with Crippen LogP contribution in [-0.2, 0) is 19.8 Å². The van der Waals surface area contributed by atoms with E-state index in [1.54, 1.807) is 0 Å². The van der Waals surface area contributed by atoms with Gasteiger partial charge in [0.25, 0.3) is 0 Å². The molecule has 226 valence electrons. The highest BCUT2D eigenvalue weighted by atomic mass is 16.2. The Balaban J connectivity index is 1.59. The Morgan fingerprint density at radius 3 is 2.00 bits per heavy atom. The second kappa shape index (κ2) is 13.5. The maximum Gasteiger partial charge on any atom is 0.227 e. The number of carbonyl (C=O) groups is 3. The summed E-state index contributed by atoms with van der Waals surface area (Å²) in [6, 6.07) is 14.8. The molecule has 3 aromatic rings. The van der Waals surface area contributed by atoms with Gasteiger partial charge in [-0.05, 0) is 78.8 Å². The van der Waals surface area contributed by atoms with Gasteiger partial charge in [0.1, 0.15) is 6.29 Å². The number of aromatic nitrogens is 1. The number of nitrogens with one attached hydrogen (secondary N) is 1. The molecule has 0 aliphatic carbocycles. The van der Waals surface area contributed by atoms with Crippen molar-refractivity contribution < 1.29 is 14.4 Å². The topological polar surface area (TPSA) is 82.6 Å². The zero-order valence-electron chi connectivity index (χ0n) is 25.8. The summed E-state index contributed by atoms with van der Waals surface area (Å²) in [6.45, 7) is 8.66. The fourth-order valence-corrected chi connectivity index (χ4v) is 6.20. The fourth-order valence-electron chi connectivity index (χ4n) is 6.20. The van der Waals surface area contributed by atoms with Gasteiger partial charge in [-0.3, -0.25) is 14.6 Å². The first-order valence-corrected chi connectivity index (χ1v) is 15.8. The largest absolute Gasteiger partial charge is 0.384 e. The highest BCUT2D eigenvalue weighted by Gasteiger charge is 2.29. The van der Waals surface area contributed by atoms with Crippen LogP contribution in [0, 0.1) is 0 Å². The minimum atomic E-state index is -0.0184. The number of amides is 2. The van der Waals surface area contributed by atoms with Gasteiger partial charge in [0.15, 0.2) is 0 Å². The molecule has 2 aliphatic rings. The van der Waals surface area contributed by atoms with Crippen molar-refractivity contribution in [2.75, 3.05) is 34.8 Å². The van der Waals surface area contributed by atoms with Crippen molar-refractivity contribution in [1.29, 1.82) is 0 Å². The summed E-state index contributed by atoms with van der Waals surface area (Å²) in [5, 5.41) is 3.61. The summed E-state index contributed by atoms with van der Waals surface area (Å²) in [4.78, 5) is 45.4. The average molecular weight is 581 g/mol. The predicted octanol–water partition coefficient (Wildman–Crippen LogP) is 7.53. The van der Waals surface area contributed by atoms with E-state index in [9.17, 15) is 14.4 Å². The summed E-state index contributed by atoms with van der Waals surface area (Å²) >= 11 is 0. The van der Waals surface area contributed by atoms with Crippen molar-refractivity contribution in [3.8, 4) is 22.3 Å². The number of piperidine rings is 2. The third-order valence-electron chi connectivity index (χ3n) is 8.54. The lowest BCUT2D eigenvalue weighted by Crippen LogP contribution is -2.40. The van der Waals surface area contributed by atoms with Gasteiger partial charge in [-0.15, -0.1) is 0 Å². The van der Waals surface area contributed by atoms with Crippen LogP contribution in [-0.4, -0.2) is 42.7 Å². The first-order valence-electron chi connectivity index (χ1n) is 15.8. The molecule has 0 saturated carbocycles. The summed E-state index contributed by atoms with van der Waals surface area (Å²) in [5.41, 5.74) is 8.02. The normalized spacial score (nSPS) is 16.0. The van der Waals surface area contributed by atoms with Crippen molar-refractivity contribution in [2.45, 2.75) is 84.0 Å². The van der Waals surface area contributed by atoms with Crippen LogP contribution in [0.2, 0.25) is 0 Å². The van der Waals surface area contributed by atoms with E-state index < -0.39 is 0 Å². The lowest BCUT2D eigenvalue weighted by atomic mass is 9.82. The molecule has 0 bridgehead atoms. The van der Waals surface area contributed by atoms with Crippen molar-refractivity contribution in [2.24, 2.45) is 0 Å². The van der Waals surface area contributed by atoms with Gasteiger partial charge < -0.3 is 19.9 Å². The van der Waals surface area contributed by atoms with E-state index in [-0.39, 0.29) is 17.2 Å². The molecule has 2 aromatic carbocycles. The van der Waals surface area contributed by atoms with Crippen molar-refractivity contribution in [3.63, 3.8) is 0 Å². The van der Waals surface area contributed by atoms with E-state index >= 15 is 0 Å². The number of aldehydes is 1. The number of anilines is 3. The zero-order chi connectivity index (χ0) is 30.4. The first kappa shape index (κ1) is 30.5. The number of rotatable bonds is 10. The van der Waals surface area contributed by atoms with E-state index in [0.29, 0.717) is 38.9 Å². The van der Waals surface area contributed by atoms with Crippen LogP contribution in [0.15, 0.2) is 54.9 Å². The molecule has 3 heterocycles. The first-order chi connectivity index (χ1) is 20.8. The molecule has 0 spiro atoms. The van der Waals surface area contributed by atoms with Crippen LogP contribution in [0.3, 0.4) is 0 Å². The monoisotopic (exact) mass is 580 g/mol. The maximum absolute atomic E-state index is 13.2. The quantitative estimate of drug-likeness (QED) is 0.198. The number of pyridine rings is 1. The van der Waals surface area contributed by atoms with Gasteiger partial charge in [0.2, 0.25) is 11.8 Å². The number of benzene rings is 2. The standard InChI is InChI=1S/C36H44N4O3/c1-36(2,3)30-17-19-37-25-29(30)27-15-13-26(14-16-27)28-23-32(39-20-8-5-11-34(39)42)33(40-21-9-6-12-35(40)43)24-31(28)38-18-7-4-10-22-41/h13-17,19,22-25,38H,4-12,18,20-21H2,1-3H3. The SMILES string of the molecule is CC(C)(C)c1ccncc1-c1ccc(-c2cc(N3CCCCC3=O)c(N3CCCCC3=O)cc2NCCCCC=O)cc1. The van der Waals surface area contributed by atoms with Gasteiger partial charge in [-0.25, -0.2) is 0 Å². The summed E-state index contributed by atoms with van der Waals surface area (Å²) in [5.74, 6) is 0.219. The minimum Gasteiger partial charge on any atom is -0.384 e. The van der Waals surface area contributed by atoms with Crippen LogP contribution in [0.5, 0.6) is 0 Å². The summed E-state index contributed by atoms with van der Waals surface area (Å²) in [7, 11) is 0. The van der Waals surface area contributed by atoms with E-state index in [4.69, 9.17) is 0 Å². The predicted molar refractivity (Wildman–Crippen MR) is 175 cm³/mol. The molecule has 0 atom stereocenters. The van der Waals surface area contributed by atoms with Crippen molar-refractivity contribution in [3.05, 3.63) is 60.4 Å². The molecule has 2 saturated heterocycles. The number of hydrogen-bond donors (Lipinski definition) is 1. The molecule has 1 N–H and O–H groups in total. The Bertz CT molecular complexity index is 1460. The Labute approximate surface area is 255 Å². The van der Waals surface area contributed by atoms with Crippen LogP contribution in [0.4, 0.5) is 17.1 Å². The maximum atomic E-state index is 13.2. The average Bonchev–Trinajstić information content (AvgIpc) is 3.01. The third-order valence-corrected chi connectivity index (χ3v) is 8.54. The second-order valence-electron chi connectivity index (χ2n) is 12.7. The second-order valence-corrected chi connectivity index (χ2v) is 12.7. The molecule has 2 amide bonds. The lowest BCUT2D eigenvalue weighted by molar-refractivity contribution is -0.120. The van der Waals surface area contributed by atoms with Crippen LogP contribution < -0.4 is 15.1 Å². The van der Waals surface area contributed by atoms with E-state index in [0.717, 1.165) is 84.1 Å². The van der Waals surface area contributed by atoms with Gasteiger partial charge in [-0.1, -0.05) is 45.0 Å². The Morgan fingerprint density at radius 1 is 0.814 bits per heavy atom. The Morgan fingerprint density at radius 2 is 1.42 bits per heavy atom. The molecule has 0 radical (unpaired) electrons. The smallest absolute Gasteiger partial charge is 0.227 e. The molecule has 2 fully saturated rings. The fraction of sp³-hybridized carbons (Fsp3) is 0.444. The Kier molecular flexibility index (Phi) is 9.59. The zero-order valence-corrected chi connectivity index (χ0v) is 25.8. The molecule has 2 aliphatic heterocycles. The molecule has 7 heteroatoms. The molecular formula is C36H44N4O3. The van der Waals surface area contributed by atoms with Crippen LogP contribution in [0.1, 0.15) is 84.1 Å². The highest BCUT2D eigenvalue weighted by Crippen LogP contribution is 2.43. The Hall–Kier alpha value is -4.00. The summed E-state index contributed by atoms with van der Waals surface area (Å²) in [6.07, 6.45) is 11.7. The third kappa shape index (κ3) is 6.98. The molecular weight excluding hydrogens is 536 g/mol. The van der Waals surface area contributed by atoms with Crippen LogP contribution in [0.25, 0.3) is 22.3 Å². The van der Waals surface area contributed by atoms with Gasteiger partial charge in [0.05, 0.1) is 11.4 Å². The number of carbonyl (C=O) groups excluding carboxylic acids is 3. The minimum absolute atomic E-state index is 0.0184. The van der Waals surface area contributed by atoms with Crippen LogP contribution >= 0.6 is 0 Å². The number of hydrogen-bond acceptors (Lipinski definition) is 5. The molecule has 5 rings (SSSR count). The summed E-state index contributed by atoms with van der Waals surface area (Å²) < 4.78 is 0. The van der Waals surface area contributed by atoms with Gasteiger partial charge >= 0.3 is 0 Å². The molecule has 43 heavy (non-hydrogen) atoms. The lowest BCUT2D eigenvalue weighted by Gasteiger charge is -2.35. The van der Waals surface area contributed by atoms with E-state index in [2.05, 4.69) is 73.5 Å². The molecule has 7 nitrogen and oxygen atoms in total.